The van der Waals surface area contributed by atoms with Crippen LogP contribution in [0.3, 0.4) is 0 Å². The summed E-state index contributed by atoms with van der Waals surface area (Å²) in [6, 6.07) is 4.44. The molecule has 0 radical (unpaired) electrons. The van der Waals surface area contributed by atoms with Crippen molar-refractivity contribution in [3.8, 4) is 0 Å². The van der Waals surface area contributed by atoms with E-state index in [1.54, 1.807) is 0 Å². The highest BCUT2D eigenvalue weighted by Crippen LogP contribution is 2.29. The van der Waals surface area contributed by atoms with E-state index in [4.69, 9.17) is 5.26 Å². The van der Waals surface area contributed by atoms with Crippen LogP contribution in [0.1, 0.15) is 16.2 Å². The molecule has 0 saturated heterocycles. The van der Waals surface area contributed by atoms with Gasteiger partial charge in [0.05, 0.1) is 5.52 Å². The molecule has 17 heavy (non-hydrogen) atoms. The van der Waals surface area contributed by atoms with Gasteiger partial charge < -0.3 is 0 Å². The highest BCUT2D eigenvalue weighted by molar-refractivity contribution is 5.88. The van der Waals surface area contributed by atoms with Crippen molar-refractivity contribution in [3.63, 3.8) is 0 Å². The predicted molar refractivity (Wildman–Crippen MR) is 48.2 cm³/mol. The van der Waals surface area contributed by atoms with Crippen LogP contribution in [0.5, 0.6) is 0 Å². The van der Waals surface area contributed by atoms with E-state index < -0.39 is 23.5 Å². The minimum absolute atomic E-state index is 0.0697. The second-order valence-corrected chi connectivity index (χ2v) is 3.15. The first-order valence-corrected chi connectivity index (χ1v) is 4.35. The van der Waals surface area contributed by atoms with Gasteiger partial charge in [0.1, 0.15) is 5.69 Å². The molecule has 0 aliphatic heterocycles. The van der Waals surface area contributed by atoms with Crippen LogP contribution >= 0.6 is 0 Å². The summed E-state index contributed by atoms with van der Waals surface area (Å²) in [4.78, 5) is 14.3. The highest BCUT2D eigenvalue weighted by Gasteiger charge is 2.34. The maximum Gasteiger partial charge on any atom is 0.433 e. The van der Waals surface area contributed by atoms with Gasteiger partial charge in [-0.15, -0.1) is 0 Å². The normalized spacial score (nSPS) is 11.8. The van der Waals surface area contributed by atoms with Gasteiger partial charge in [-0.1, -0.05) is 6.07 Å². The first kappa shape index (κ1) is 11.4. The number of fused-ring (bicyclic) bond motifs is 1. The molecular formula is C9H5F3N2O3. The molecule has 1 N–H and O–H groups in total. The first-order chi connectivity index (χ1) is 7.93. The van der Waals surface area contributed by atoms with E-state index in [9.17, 15) is 18.0 Å². The highest BCUT2D eigenvalue weighted by atomic mass is 19.4. The van der Waals surface area contributed by atoms with E-state index in [-0.39, 0.29) is 5.52 Å². The summed E-state index contributed by atoms with van der Waals surface area (Å²) in [5.74, 6) is -1.22. The summed E-state index contributed by atoms with van der Waals surface area (Å²) in [7, 11) is 0. The van der Waals surface area contributed by atoms with E-state index in [0.29, 0.717) is 4.52 Å². The topological polar surface area (TPSA) is 63.8 Å². The fraction of sp³-hybridized carbons (Fsp3) is 0.111. The van der Waals surface area contributed by atoms with Crippen LogP contribution in [0.15, 0.2) is 24.3 Å². The molecule has 8 heteroatoms. The van der Waals surface area contributed by atoms with E-state index in [0.717, 1.165) is 12.1 Å². The summed E-state index contributed by atoms with van der Waals surface area (Å²) in [6.07, 6.45) is -4.59. The lowest BCUT2D eigenvalue weighted by Crippen LogP contribution is -2.12. The van der Waals surface area contributed by atoms with Gasteiger partial charge in [-0.05, 0) is 18.2 Å². The molecule has 0 aliphatic rings. The Hall–Kier alpha value is -2.09. The molecule has 2 heterocycles. The zero-order chi connectivity index (χ0) is 12.6. The Kier molecular flexibility index (Phi) is 2.50. The van der Waals surface area contributed by atoms with Gasteiger partial charge in [0.25, 0.3) is 0 Å². The van der Waals surface area contributed by atoms with Crippen LogP contribution in [-0.4, -0.2) is 20.8 Å². The van der Waals surface area contributed by atoms with Crippen molar-refractivity contribution >= 4 is 11.5 Å². The van der Waals surface area contributed by atoms with Crippen molar-refractivity contribution in [2.24, 2.45) is 0 Å². The molecule has 5 nitrogen and oxygen atoms in total. The largest absolute Gasteiger partial charge is 0.433 e. The molecule has 90 valence electrons. The van der Waals surface area contributed by atoms with Crippen LogP contribution in [0.25, 0.3) is 5.52 Å². The third-order valence-corrected chi connectivity index (χ3v) is 2.07. The van der Waals surface area contributed by atoms with E-state index in [1.807, 2.05) is 0 Å². The minimum atomic E-state index is -4.59. The molecule has 0 amide bonds. The molecular weight excluding hydrogens is 241 g/mol. The Morgan fingerprint density at radius 1 is 1.41 bits per heavy atom. The van der Waals surface area contributed by atoms with Crippen molar-refractivity contribution in [2.75, 3.05) is 0 Å². The van der Waals surface area contributed by atoms with Gasteiger partial charge >= 0.3 is 12.1 Å². The summed E-state index contributed by atoms with van der Waals surface area (Å²) >= 11 is 0. The molecule has 0 aliphatic carbocycles. The van der Waals surface area contributed by atoms with E-state index >= 15 is 0 Å². The van der Waals surface area contributed by atoms with Crippen molar-refractivity contribution in [1.82, 2.24) is 9.61 Å². The molecule has 0 aromatic carbocycles. The maximum absolute atomic E-state index is 12.6. The molecule has 0 atom stereocenters. The fourth-order valence-corrected chi connectivity index (χ4v) is 1.38. The smallest absolute Gasteiger partial charge is 0.294 e. The average Bonchev–Trinajstić information content (AvgIpc) is 2.69. The van der Waals surface area contributed by atoms with E-state index in [2.05, 4.69) is 9.99 Å². The molecule has 0 saturated carbocycles. The molecule has 2 rings (SSSR count). The number of nitrogens with zero attached hydrogens (tertiary/aromatic N) is 2. The lowest BCUT2D eigenvalue weighted by Gasteiger charge is -2.07. The summed E-state index contributed by atoms with van der Waals surface area (Å²) in [6.45, 7) is 0. The fourth-order valence-electron chi connectivity index (χ4n) is 1.38. The first-order valence-electron chi connectivity index (χ1n) is 4.35. The third-order valence-electron chi connectivity index (χ3n) is 2.07. The number of halogens is 3. The van der Waals surface area contributed by atoms with Gasteiger partial charge in [0.15, 0.2) is 5.69 Å². The van der Waals surface area contributed by atoms with Crippen LogP contribution < -0.4 is 0 Å². The molecule has 2 aromatic rings. The third kappa shape index (κ3) is 1.94. The van der Waals surface area contributed by atoms with E-state index in [1.165, 1.54) is 12.1 Å². The monoisotopic (exact) mass is 246 g/mol. The number of rotatable bonds is 1. The average molecular weight is 246 g/mol. The predicted octanol–water partition coefficient (Wildman–Crippen LogP) is 1.98. The van der Waals surface area contributed by atoms with Gasteiger partial charge in [-0.2, -0.15) is 23.5 Å². The standard InChI is InChI=1S/C9H5F3N2O3/c10-9(11,12)7-3-1-2-5-4-6(8(15)17-16)13-14(5)7/h1-4,16H. The van der Waals surface area contributed by atoms with Crippen molar-refractivity contribution in [1.29, 1.82) is 0 Å². The van der Waals surface area contributed by atoms with Gasteiger partial charge in [-0.3, -0.25) is 4.89 Å². The number of hydrogen-bond donors (Lipinski definition) is 1. The number of hydrogen-bond acceptors (Lipinski definition) is 4. The molecule has 0 bridgehead atoms. The molecule has 0 unspecified atom stereocenters. The second-order valence-electron chi connectivity index (χ2n) is 3.15. The SMILES string of the molecule is O=C(OO)c1cc2cccc(C(F)(F)F)n2n1. The Balaban J connectivity index is 2.65. The Morgan fingerprint density at radius 3 is 2.71 bits per heavy atom. The molecule has 2 aromatic heterocycles. The number of alkyl halides is 3. The van der Waals surface area contributed by atoms with Crippen LogP contribution in [0, 0.1) is 0 Å². The number of carbonyl (C=O) groups excluding carboxylic acids is 1. The van der Waals surface area contributed by atoms with Crippen molar-refractivity contribution in [2.45, 2.75) is 6.18 Å². The minimum Gasteiger partial charge on any atom is -0.294 e. The second kappa shape index (κ2) is 3.74. The molecule has 0 fully saturated rings. The lowest BCUT2D eigenvalue weighted by atomic mass is 10.3. The van der Waals surface area contributed by atoms with Gasteiger partial charge in [0.2, 0.25) is 0 Å². The summed E-state index contributed by atoms with van der Waals surface area (Å²) < 4.78 is 38.3. The zero-order valence-corrected chi connectivity index (χ0v) is 8.10. The molecule has 0 spiro atoms. The Labute approximate surface area is 92.0 Å². The van der Waals surface area contributed by atoms with Gasteiger partial charge in [-0.25, -0.2) is 9.31 Å². The quantitative estimate of drug-likeness (QED) is 0.617. The van der Waals surface area contributed by atoms with Crippen LogP contribution in [0.2, 0.25) is 0 Å². The lowest BCUT2D eigenvalue weighted by molar-refractivity contribution is -0.183. The van der Waals surface area contributed by atoms with Gasteiger partial charge in [0, 0.05) is 0 Å². The van der Waals surface area contributed by atoms with Crippen LogP contribution in [-0.2, 0) is 11.1 Å². The zero-order valence-electron chi connectivity index (χ0n) is 8.10. The van der Waals surface area contributed by atoms with Crippen molar-refractivity contribution < 1.29 is 28.1 Å². The number of aromatic nitrogens is 2. The Bertz CT molecular complexity index is 576. The number of pyridine rings is 1. The maximum atomic E-state index is 12.6. The van der Waals surface area contributed by atoms with Crippen molar-refractivity contribution in [3.05, 3.63) is 35.7 Å². The Morgan fingerprint density at radius 2 is 2.12 bits per heavy atom. The summed E-state index contributed by atoms with van der Waals surface area (Å²) in [5, 5.41) is 11.5. The number of carbonyl (C=O) groups is 1. The van der Waals surface area contributed by atoms with Crippen LogP contribution in [0.4, 0.5) is 13.2 Å². The summed E-state index contributed by atoms with van der Waals surface area (Å²) in [5.41, 5.74) is -1.36.